The van der Waals surface area contributed by atoms with Gasteiger partial charge in [-0.2, -0.15) is 0 Å². The molecule has 0 spiro atoms. The number of Topliss-reactive ketones (excluding diaryl/α,β-unsaturated/α-hetero) is 1. The fraction of sp³-hybridized carbons (Fsp3) is 0.261. The lowest BCUT2D eigenvalue weighted by atomic mass is 10.1. The van der Waals surface area contributed by atoms with E-state index in [0.717, 1.165) is 0 Å². The van der Waals surface area contributed by atoms with Crippen LogP contribution >= 0.6 is 0 Å². The first-order valence-corrected chi connectivity index (χ1v) is 9.46. The number of benzene rings is 2. The molecular formula is C23H22O7. The predicted molar refractivity (Wildman–Crippen MR) is 110 cm³/mol. The summed E-state index contributed by atoms with van der Waals surface area (Å²) in [5.41, 5.74) is 1.04. The van der Waals surface area contributed by atoms with Crippen LogP contribution in [0.5, 0.6) is 11.5 Å². The fourth-order valence-electron chi connectivity index (χ4n) is 2.88. The van der Waals surface area contributed by atoms with Gasteiger partial charge in [0.15, 0.2) is 5.78 Å². The van der Waals surface area contributed by atoms with Crippen molar-refractivity contribution in [2.24, 2.45) is 0 Å². The first kappa shape index (κ1) is 21.1. The molecule has 0 radical (unpaired) electrons. The Hall–Kier alpha value is -3.61. The minimum Gasteiger partial charge on any atom is -0.497 e. The topological polar surface area (TPSA) is 92.0 Å². The lowest BCUT2D eigenvalue weighted by Crippen LogP contribution is -2.09. The SMILES string of the molecule is COc1ccc2c(COC(=O)CCCOc3ccc(C(C)=O)cc3)cc(=O)oc2c1. The largest absolute Gasteiger partial charge is 0.497 e. The van der Waals surface area contributed by atoms with Crippen LogP contribution in [0.25, 0.3) is 11.0 Å². The number of fused-ring (bicyclic) bond motifs is 1. The Morgan fingerprint density at radius 3 is 2.43 bits per heavy atom. The van der Waals surface area contributed by atoms with Crippen molar-refractivity contribution in [3.8, 4) is 11.5 Å². The third kappa shape index (κ3) is 5.47. The summed E-state index contributed by atoms with van der Waals surface area (Å²) in [4.78, 5) is 35.1. The van der Waals surface area contributed by atoms with Crippen LogP contribution in [0.4, 0.5) is 0 Å². The Labute approximate surface area is 173 Å². The van der Waals surface area contributed by atoms with Crippen molar-refractivity contribution in [3.63, 3.8) is 0 Å². The van der Waals surface area contributed by atoms with Crippen molar-refractivity contribution in [1.29, 1.82) is 0 Å². The molecule has 0 amide bonds. The summed E-state index contributed by atoms with van der Waals surface area (Å²) in [6.07, 6.45) is 0.654. The first-order chi connectivity index (χ1) is 14.5. The summed E-state index contributed by atoms with van der Waals surface area (Å²) in [6, 6.07) is 13.3. The maximum atomic E-state index is 12.0. The number of ether oxygens (including phenoxy) is 3. The molecule has 0 N–H and O–H groups in total. The highest BCUT2D eigenvalue weighted by Crippen LogP contribution is 2.23. The molecule has 0 saturated heterocycles. The molecule has 0 bridgehead atoms. The number of hydrogen-bond acceptors (Lipinski definition) is 7. The van der Waals surface area contributed by atoms with Gasteiger partial charge in [-0.15, -0.1) is 0 Å². The second kappa shape index (κ2) is 9.73. The zero-order valence-electron chi connectivity index (χ0n) is 16.8. The summed E-state index contributed by atoms with van der Waals surface area (Å²) in [5.74, 6) is 0.801. The maximum absolute atomic E-state index is 12.0. The Morgan fingerprint density at radius 2 is 1.73 bits per heavy atom. The molecular weight excluding hydrogens is 388 g/mol. The number of methoxy groups -OCH3 is 1. The van der Waals surface area contributed by atoms with Crippen LogP contribution in [0.1, 0.15) is 35.7 Å². The van der Waals surface area contributed by atoms with Gasteiger partial charge in [0.1, 0.15) is 23.7 Å². The van der Waals surface area contributed by atoms with Crippen molar-refractivity contribution in [3.05, 3.63) is 70.1 Å². The Morgan fingerprint density at radius 1 is 1.00 bits per heavy atom. The Kier molecular flexibility index (Phi) is 6.85. The van der Waals surface area contributed by atoms with E-state index in [0.29, 0.717) is 46.6 Å². The smallest absolute Gasteiger partial charge is 0.336 e. The van der Waals surface area contributed by atoms with Crippen LogP contribution in [0.2, 0.25) is 0 Å². The van der Waals surface area contributed by atoms with Gasteiger partial charge in [0.25, 0.3) is 0 Å². The lowest BCUT2D eigenvalue weighted by molar-refractivity contribution is -0.145. The number of esters is 1. The van der Waals surface area contributed by atoms with E-state index in [2.05, 4.69) is 0 Å². The Balaban J connectivity index is 1.49. The second-order valence-corrected chi connectivity index (χ2v) is 6.65. The molecule has 0 aliphatic heterocycles. The highest BCUT2D eigenvalue weighted by molar-refractivity contribution is 5.94. The number of carbonyl (C=O) groups excluding carboxylic acids is 2. The standard InChI is InChI=1S/C23H22O7/c1-15(24)16-5-7-18(8-6-16)28-11-3-4-22(25)29-14-17-12-23(26)30-21-13-19(27-2)9-10-20(17)21/h5-10,12-13H,3-4,11,14H2,1-2H3. The van der Waals surface area contributed by atoms with E-state index in [9.17, 15) is 14.4 Å². The lowest BCUT2D eigenvalue weighted by Gasteiger charge is -2.09. The van der Waals surface area contributed by atoms with Gasteiger partial charge in [-0.05, 0) is 49.7 Å². The van der Waals surface area contributed by atoms with Gasteiger partial charge in [0.05, 0.1) is 13.7 Å². The van der Waals surface area contributed by atoms with Gasteiger partial charge in [0, 0.05) is 35.1 Å². The molecule has 3 aromatic rings. The molecule has 1 heterocycles. The van der Waals surface area contributed by atoms with Crippen LogP contribution in [0.3, 0.4) is 0 Å². The summed E-state index contributed by atoms with van der Waals surface area (Å²) in [7, 11) is 1.52. The van der Waals surface area contributed by atoms with Gasteiger partial charge >= 0.3 is 11.6 Å². The van der Waals surface area contributed by atoms with E-state index >= 15 is 0 Å². The molecule has 1 aromatic heterocycles. The summed E-state index contributed by atoms with van der Waals surface area (Å²) >= 11 is 0. The van der Waals surface area contributed by atoms with Gasteiger partial charge in [0.2, 0.25) is 0 Å². The van der Waals surface area contributed by atoms with Crippen molar-refractivity contribution >= 4 is 22.7 Å². The van der Waals surface area contributed by atoms with Crippen molar-refractivity contribution in [2.45, 2.75) is 26.4 Å². The summed E-state index contributed by atoms with van der Waals surface area (Å²) in [5, 5.41) is 0.681. The molecule has 0 atom stereocenters. The monoisotopic (exact) mass is 410 g/mol. The average molecular weight is 410 g/mol. The minimum absolute atomic E-state index is 0.00704. The molecule has 2 aromatic carbocycles. The molecule has 0 saturated carbocycles. The van der Waals surface area contributed by atoms with E-state index in [-0.39, 0.29) is 24.8 Å². The molecule has 156 valence electrons. The molecule has 0 aliphatic carbocycles. The van der Waals surface area contributed by atoms with Crippen LogP contribution in [-0.4, -0.2) is 25.5 Å². The molecule has 0 fully saturated rings. The highest BCUT2D eigenvalue weighted by Gasteiger charge is 2.10. The molecule has 7 heteroatoms. The third-order valence-electron chi connectivity index (χ3n) is 4.48. The fourth-order valence-corrected chi connectivity index (χ4v) is 2.88. The van der Waals surface area contributed by atoms with Crippen molar-refractivity contribution < 1.29 is 28.2 Å². The second-order valence-electron chi connectivity index (χ2n) is 6.65. The van der Waals surface area contributed by atoms with Crippen molar-refractivity contribution in [2.75, 3.05) is 13.7 Å². The van der Waals surface area contributed by atoms with Gasteiger partial charge in [-0.25, -0.2) is 4.79 Å². The maximum Gasteiger partial charge on any atom is 0.336 e. The number of hydrogen-bond donors (Lipinski definition) is 0. The molecule has 30 heavy (non-hydrogen) atoms. The van der Waals surface area contributed by atoms with Crippen LogP contribution < -0.4 is 15.1 Å². The zero-order chi connectivity index (χ0) is 21.5. The molecule has 3 rings (SSSR count). The predicted octanol–water partition coefficient (Wildman–Crippen LogP) is 3.91. The van der Waals surface area contributed by atoms with E-state index < -0.39 is 5.63 Å². The zero-order valence-corrected chi connectivity index (χ0v) is 16.8. The van der Waals surface area contributed by atoms with Crippen LogP contribution in [0.15, 0.2) is 57.7 Å². The van der Waals surface area contributed by atoms with Crippen LogP contribution in [0, 0.1) is 0 Å². The molecule has 0 unspecified atom stereocenters. The van der Waals surface area contributed by atoms with Gasteiger partial charge < -0.3 is 18.6 Å². The van der Waals surface area contributed by atoms with Crippen molar-refractivity contribution in [1.82, 2.24) is 0 Å². The minimum atomic E-state index is -0.522. The number of carbonyl (C=O) groups is 2. The quantitative estimate of drug-likeness (QED) is 0.229. The van der Waals surface area contributed by atoms with Gasteiger partial charge in [-0.1, -0.05) is 0 Å². The third-order valence-corrected chi connectivity index (χ3v) is 4.48. The van der Waals surface area contributed by atoms with Crippen LogP contribution in [-0.2, 0) is 16.1 Å². The van der Waals surface area contributed by atoms with E-state index in [1.807, 2.05) is 0 Å². The highest BCUT2D eigenvalue weighted by atomic mass is 16.5. The molecule has 7 nitrogen and oxygen atoms in total. The first-order valence-electron chi connectivity index (χ1n) is 9.46. The van der Waals surface area contributed by atoms with E-state index in [1.54, 1.807) is 42.5 Å². The summed E-state index contributed by atoms with van der Waals surface area (Å²) in [6.45, 7) is 1.82. The van der Waals surface area contributed by atoms with E-state index in [1.165, 1.54) is 20.1 Å². The Bertz CT molecular complexity index is 1100. The number of rotatable bonds is 9. The molecule has 0 aliphatic rings. The average Bonchev–Trinajstić information content (AvgIpc) is 2.74. The van der Waals surface area contributed by atoms with Gasteiger partial charge in [-0.3, -0.25) is 9.59 Å². The normalized spacial score (nSPS) is 10.6. The van der Waals surface area contributed by atoms with E-state index in [4.69, 9.17) is 18.6 Å². The number of ketones is 1. The summed E-state index contributed by atoms with van der Waals surface area (Å²) < 4.78 is 21.2.